The molecule has 4 heterocycles. The van der Waals surface area contributed by atoms with E-state index < -0.39 is 0 Å². The zero-order valence-electron chi connectivity index (χ0n) is 19.1. The number of carbonyl (C=O) groups excluding carboxylic acids is 1. The molecule has 178 valence electrons. The lowest BCUT2D eigenvalue weighted by atomic mass is 9.94. The second kappa shape index (κ2) is 8.64. The summed E-state index contributed by atoms with van der Waals surface area (Å²) in [6.07, 6.45) is 1.49. The Hall–Kier alpha value is -2.46. The molecule has 0 saturated carbocycles. The van der Waals surface area contributed by atoms with Crippen molar-refractivity contribution in [3.8, 4) is 10.8 Å². The normalized spacial score (nSPS) is 21.6. The van der Waals surface area contributed by atoms with Gasteiger partial charge >= 0.3 is 0 Å². The van der Waals surface area contributed by atoms with Crippen LogP contribution in [0.5, 0.6) is 5.75 Å². The fourth-order valence-electron chi connectivity index (χ4n) is 5.34. The van der Waals surface area contributed by atoms with Gasteiger partial charge in [-0.3, -0.25) is 14.7 Å². The highest BCUT2D eigenvalue weighted by molar-refractivity contribution is 7.15. The summed E-state index contributed by atoms with van der Waals surface area (Å²) in [7, 11) is 1.66. The number of benzene rings is 1. The van der Waals surface area contributed by atoms with E-state index in [9.17, 15) is 4.79 Å². The number of morpholine rings is 1. The van der Waals surface area contributed by atoms with Gasteiger partial charge < -0.3 is 14.4 Å². The Kier molecular flexibility index (Phi) is 5.60. The summed E-state index contributed by atoms with van der Waals surface area (Å²) >= 11 is 8.48. The maximum atomic E-state index is 13.3. The van der Waals surface area contributed by atoms with E-state index >= 15 is 0 Å². The molecule has 1 aliphatic carbocycles. The molecule has 1 fully saturated rings. The number of carbonyl (C=O) groups is 1. The van der Waals surface area contributed by atoms with Crippen molar-refractivity contribution >= 4 is 28.8 Å². The molecule has 2 aliphatic heterocycles. The molecule has 1 saturated heterocycles. The smallest absolute Gasteiger partial charge is 0.226 e. The summed E-state index contributed by atoms with van der Waals surface area (Å²) in [4.78, 5) is 16.5. The predicted molar refractivity (Wildman–Crippen MR) is 129 cm³/mol. The zero-order chi connectivity index (χ0) is 23.4. The molecule has 34 heavy (non-hydrogen) atoms. The second-order valence-corrected chi connectivity index (χ2v) is 10.5. The first-order valence-electron chi connectivity index (χ1n) is 11.5. The quantitative estimate of drug-likeness (QED) is 0.596. The van der Waals surface area contributed by atoms with Gasteiger partial charge in [-0.25, -0.2) is 0 Å². The van der Waals surface area contributed by atoms with Gasteiger partial charge in [-0.05, 0) is 49.1 Å². The molecule has 2 atom stereocenters. The molecule has 10 heteroatoms. The SMILES string of the molecule is COc1ccc(Cl)c([C@@H]2NCc3nnc(C)n3-c3sc4c(c32)C[C@H](C(=O)N2CCOCC2)C4)c1. The van der Waals surface area contributed by atoms with Crippen LogP contribution >= 0.6 is 22.9 Å². The number of ether oxygens (including phenoxy) is 2. The van der Waals surface area contributed by atoms with Crippen molar-refractivity contribution < 1.29 is 14.3 Å². The minimum atomic E-state index is -0.143. The topological polar surface area (TPSA) is 81.5 Å². The highest BCUT2D eigenvalue weighted by Gasteiger charge is 2.39. The lowest BCUT2D eigenvalue weighted by Gasteiger charge is -2.29. The average molecular weight is 500 g/mol. The van der Waals surface area contributed by atoms with Crippen molar-refractivity contribution in [1.82, 2.24) is 25.0 Å². The van der Waals surface area contributed by atoms with Gasteiger partial charge in [-0.1, -0.05) is 11.6 Å². The summed E-state index contributed by atoms with van der Waals surface area (Å²) in [5.41, 5.74) is 3.39. The molecule has 6 rings (SSSR count). The van der Waals surface area contributed by atoms with E-state index in [4.69, 9.17) is 21.1 Å². The van der Waals surface area contributed by atoms with Gasteiger partial charge in [-0.2, -0.15) is 0 Å². The summed E-state index contributed by atoms with van der Waals surface area (Å²) < 4.78 is 13.1. The number of aryl methyl sites for hydroxylation is 1. The lowest BCUT2D eigenvalue weighted by Crippen LogP contribution is -2.44. The van der Waals surface area contributed by atoms with Crippen LogP contribution in [-0.2, 0) is 28.9 Å². The van der Waals surface area contributed by atoms with Gasteiger partial charge in [0.2, 0.25) is 5.91 Å². The molecular formula is C24H26ClN5O3S. The summed E-state index contributed by atoms with van der Waals surface area (Å²) in [6, 6.07) is 5.61. The summed E-state index contributed by atoms with van der Waals surface area (Å²) in [6.45, 7) is 5.12. The van der Waals surface area contributed by atoms with E-state index in [1.165, 1.54) is 16.0 Å². The van der Waals surface area contributed by atoms with Crippen molar-refractivity contribution in [2.24, 2.45) is 5.92 Å². The number of amides is 1. The zero-order valence-corrected chi connectivity index (χ0v) is 20.7. The monoisotopic (exact) mass is 499 g/mol. The number of nitrogens with zero attached hydrogens (tertiary/aromatic N) is 4. The van der Waals surface area contributed by atoms with E-state index in [2.05, 4.69) is 20.1 Å². The molecule has 1 aromatic carbocycles. The number of nitrogens with one attached hydrogen (secondary N) is 1. The highest BCUT2D eigenvalue weighted by atomic mass is 35.5. The minimum Gasteiger partial charge on any atom is -0.497 e. The van der Waals surface area contributed by atoms with Gasteiger partial charge in [0.05, 0.1) is 32.9 Å². The Morgan fingerprint density at radius 1 is 1.26 bits per heavy atom. The molecule has 1 N–H and O–H groups in total. The van der Waals surface area contributed by atoms with Crippen LogP contribution in [-0.4, -0.2) is 59.0 Å². The van der Waals surface area contributed by atoms with Gasteiger partial charge in [0, 0.05) is 34.5 Å². The molecule has 3 aromatic rings. The van der Waals surface area contributed by atoms with Crippen molar-refractivity contribution in [2.75, 3.05) is 33.4 Å². The van der Waals surface area contributed by atoms with Crippen molar-refractivity contribution in [2.45, 2.75) is 32.4 Å². The van der Waals surface area contributed by atoms with E-state index in [0.29, 0.717) is 37.9 Å². The Morgan fingerprint density at radius 3 is 2.88 bits per heavy atom. The molecular weight excluding hydrogens is 474 g/mol. The molecule has 0 radical (unpaired) electrons. The van der Waals surface area contributed by atoms with Crippen LogP contribution in [0.25, 0.3) is 5.00 Å². The number of aromatic nitrogens is 3. The number of rotatable bonds is 3. The van der Waals surface area contributed by atoms with Crippen LogP contribution in [0.2, 0.25) is 5.02 Å². The standard InChI is InChI=1S/C24H26ClN5O3S/c1-13-27-28-20-12-26-22(16-11-15(32-2)3-4-18(16)25)21-17-9-14(10-19(17)34-24(21)30(13)20)23(31)29-5-7-33-8-6-29/h3-4,11,14,22,26H,5-10,12H2,1-2H3/t14-,22-/m0/s1. The number of thiophene rings is 1. The van der Waals surface area contributed by atoms with E-state index in [-0.39, 0.29) is 17.9 Å². The van der Waals surface area contributed by atoms with Crippen LogP contribution in [0.4, 0.5) is 0 Å². The molecule has 1 amide bonds. The molecule has 2 aromatic heterocycles. The van der Waals surface area contributed by atoms with Crippen molar-refractivity contribution in [3.05, 3.63) is 56.4 Å². The van der Waals surface area contributed by atoms with Crippen LogP contribution in [0, 0.1) is 12.8 Å². The number of methoxy groups -OCH3 is 1. The van der Waals surface area contributed by atoms with E-state index in [1.54, 1.807) is 18.4 Å². The van der Waals surface area contributed by atoms with Gasteiger partial charge in [0.25, 0.3) is 0 Å². The predicted octanol–water partition coefficient (Wildman–Crippen LogP) is 3.07. The minimum absolute atomic E-state index is 0.0317. The highest BCUT2D eigenvalue weighted by Crippen LogP contribution is 2.47. The van der Waals surface area contributed by atoms with Crippen LogP contribution in [0.1, 0.15) is 39.3 Å². The first-order chi connectivity index (χ1) is 16.5. The molecule has 3 aliphatic rings. The Labute approximate surface area is 206 Å². The fraction of sp³-hybridized carbons (Fsp3) is 0.458. The number of hydrogen-bond donors (Lipinski definition) is 1. The third-order valence-electron chi connectivity index (χ3n) is 7.03. The number of hydrogen-bond acceptors (Lipinski definition) is 7. The summed E-state index contributed by atoms with van der Waals surface area (Å²) in [5, 5.41) is 14.2. The Morgan fingerprint density at radius 2 is 2.09 bits per heavy atom. The molecule has 0 spiro atoms. The molecule has 8 nitrogen and oxygen atoms in total. The third-order valence-corrected chi connectivity index (χ3v) is 8.63. The van der Waals surface area contributed by atoms with Crippen LogP contribution < -0.4 is 10.1 Å². The maximum Gasteiger partial charge on any atom is 0.226 e. The van der Waals surface area contributed by atoms with Gasteiger partial charge in [0.15, 0.2) is 5.82 Å². The first-order valence-corrected chi connectivity index (χ1v) is 12.7. The third kappa shape index (κ3) is 3.53. The number of fused-ring (bicyclic) bond motifs is 5. The van der Waals surface area contributed by atoms with Crippen molar-refractivity contribution in [3.63, 3.8) is 0 Å². The van der Waals surface area contributed by atoms with E-state index in [1.807, 2.05) is 30.0 Å². The van der Waals surface area contributed by atoms with E-state index in [0.717, 1.165) is 40.8 Å². The number of halogens is 1. The fourth-order valence-corrected chi connectivity index (χ4v) is 7.08. The first kappa shape index (κ1) is 22.0. The van der Waals surface area contributed by atoms with Gasteiger partial charge in [-0.15, -0.1) is 21.5 Å². The molecule has 0 bridgehead atoms. The van der Waals surface area contributed by atoms with Gasteiger partial charge in [0.1, 0.15) is 16.6 Å². The maximum absolute atomic E-state index is 13.3. The van der Waals surface area contributed by atoms with Crippen LogP contribution in [0.15, 0.2) is 18.2 Å². The second-order valence-electron chi connectivity index (χ2n) is 8.97. The largest absolute Gasteiger partial charge is 0.497 e. The summed E-state index contributed by atoms with van der Waals surface area (Å²) in [5.74, 6) is 2.70. The lowest BCUT2D eigenvalue weighted by molar-refractivity contribution is -0.139. The Bertz CT molecular complexity index is 1270. The van der Waals surface area contributed by atoms with Crippen LogP contribution in [0.3, 0.4) is 0 Å². The Balaban J connectivity index is 1.44. The molecule has 0 unspecified atom stereocenters. The average Bonchev–Trinajstić information content (AvgIpc) is 3.50. The van der Waals surface area contributed by atoms with Crippen molar-refractivity contribution in [1.29, 1.82) is 0 Å².